The number of rotatable bonds is 1. The number of aromatic nitrogens is 2. The molecule has 2 aromatic rings. The first-order valence-electron chi connectivity index (χ1n) is 3.73. The number of para-hydroxylation sites is 1. The van der Waals surface area contributed by atoms with Gasteiger partial charge in [-0.2, -0.15) is 5.10 Å². The smallest absolute Gasteiger partial charge is 0.124 e. The van der Waals surface area contributed by atoms with Crippen molar-refractivity contribution in [1.29, 1.82) is 0 Å². The van der Waals surface area contributed by atoms with E-state index in [9.17, 15) is 0 Å². The SMILES string of the molecule is Brc1cnn(-c2ccccc2)c1Br. The first-order chi connectivity index (χ1) is 6.29. The topological polar surface area (TPSA) is 17.8 Å². The van der Waals surface area contributed by atoms with E-state index in [0.717, 1.165) is 14.8 Å². The highest BCUT2D eigenvalue weighted by Gasteiger charge is 2.05. The number of benzene rings is 1. The van der Waals surface area contributed by atoms with Gasteiger partial charge in [0.1, 0.15) is 4.60 Å². The largest absolute Gasteiger partial charge is 0.225 e. The lowest BCUT2D eigenvalue weighted by Crippen LogP contribution is -1.95. The summed E-state index contributed by atoms with van der Waals surface area (Å²) in [6.45, 7) is 0. The Morgan fingerprint density at radius 2 is 1.77 bits per heavy atom. The highest BCUT2D eigenvalue weighted by atomic mass is 79.9. The summed E-state index contributed by atoms with van der Waals surface area (Å²) in [5, 5.41) is 4.21. The molecule has 0 radical (unpaired) electrons. The first kappa shape index (κ1) is 8.97. The van der Waals surface area contributed by atoms with E-state index >= 15 is 0 Å². The molecule has 2 nitrogen and oxygen atoms in total. The summed E-state index contributed by atoms with van der Waals surface area (Å²) in [7, 11) is 0. The van der Waals surface area contributed by atoms with E-state index in [4.69, 9.17) is 0 Å². The predicted molar refractivity (Wildman–Crippen MR) is 59.0 cm³/mol. The average molecular weight is 302 g/mol. The zero-order chi connectivity index (χ0) is 9.26. The van der Waals surface area contributed by atoms with Crippen LogP contribution in [0.15, 0.2) is 45.6 Å². The molecule has 0 aliphatic carbocycles. The van der Waals surface area contributed by atoms with Crippen LogP contribution >= 0.6 is 31.9 Å². The summed E-state index contributed by atoms with van der Waals surface area (Å²) in [5.74, 6) is 0. The molecule has 66 valence electrons. The van der Waals surface area contributed by atoms with E-state index in [1.807, 2.05) is 35.0 Å². The molecule has 0 unspecified atom stereocenters. The minimum atomic E-state index is 0.929. The molecule has 0 fully saturated rings. The second-order valence-electron chi connectivity index (χ2n) is 2.53. The van der Waals surface area contributed by atoms with Crippen molar-refractivity contribution in [1.82, 2.24) is 9.78 Å². The van der Waals surface area contributed by atoms with Crippen molar-refractivity contribution in [2.24, 2.45) is 0 Å². The van der Waals surface area contributed by atoms with Crippen LogP contribution in [0.4, 0.5) is 0 Å². The van der Waals surface area contributed by atoms with Crippen molar-refractivity contribution in [2.45, 2.75) is 0 Å². The molecular weight excluding hydrogens is 296 g/mol. The van der Waals surface area contributed by atoms with Crippen LogP contribution in [0.1, 0.15) is 0 Å². The fraction of sp³-hybridized carbons (Fsp3) is 0. The third kappa shape index (κ3) is 1.69. The molecule has 0 bridgehead atoms. The van der Waals surface area contributed by atoms with E-state index in [2.05, 4.69) is 37.0 Å². The van der Waals surface area contributed by atoms with Crippen molar-refractivity contribution >= 4 is 31.9 Å². The van der Waals surface area contributed by atoms with Gasteiger partial charge < -0.3 is 0 Å². The van der Waals surface area contributed by atoms with Crippen LogP contribution in [0.25, 0.3) is 5.69 Å². The van der Waals surface area contributed by atoms with Gasteiger partial charge in [0.05, 0.1) is 16.4 Å². The molecule has 1 heterocycles. The molecule has 0 aliphatic heterocycles. The van der Waals surface area contributed by atoms with Crippen molar-refractivity contribution in [3.05, 3.63) is 45.6 Å². The van der Waals surface area contributed by atoms with Crippen LogP contribution in [0.2, 0.25) is 0 Å². The molecule has 0 aliphatic rings. The minimum Gasteiger partial charge on any atom is -0.225 e. The van der Waals surface area contributed by atoms with Crippen LogP contribution in [0.5, 0.6) is 0 Å². The normalized spacial score (nSPS) is 10.3. The van der Waals surface area contributed by atoms with Gasteiger partial charge in [0.2, 0.25) is 0 Å². The Balaban J connectivity index is 2.53. The van der Waals surface area contributed by atoms with Crippen LogP contribution in [-0.4, -0.2) is 9.78 Å². The van der Waals surface area contributed by atoms with Crippen LogP contribution in [0, 0.1) is 0 Å². The van der Waals surface area contributed by atoms with Gasteiger partial charge in [0.15, 0.2) is 0 Å². The molecule has 0 spiro atoms. The van der Waals surface area contributed by atoms with Gasteiger partial charge in [-0.05, 0) is 44.0 Å². The van der Waals surface area contributed by atoms with Gasteiger partial charge in [-0.3, -0.25) is 0 Å². The summed E-state index contributed by atoms with van der Waals surface area (Å²) in [6.07, 6.45) is 1.76. The van der Waals surface area contributed by atoms with Crippen LogP contribution in [0.3, 0.4) is 0 Å². The zero-order valence-corrected chi connectivity index (χ0v) is 9.79. The maximum atomic E-state index is 4.21. The molecule has 0 N–H and O–H groups in total. The summed E-state index contributed by atoms with van der Waals surface area (Å²) in [6, 6.07) is 9.96. The molecule has 0 atom stereocenters. The summed E-state index contributed by atoms with van der Waals surface area (Å²) in [4.78, 5) is 0. The standard InChI is InChI=1S/C9H6Br2N2/c10-8-6-12-13(9(8)11)7-4-2-1-3-5-7/h1-6H. The van der Waals surface area contributed by atoms with Crippen LogP contribution in [-0.2, 0) is 0 Å². The highest BCUT2D eigenvalue weighted by Crippen LogP contribution is 2.24. The number of hydrogen-bond donors (Lipinski definition) is 0. The molecule has 2 rings (SSSR count). The maximum Gasteiger partial charge on any atom is 0.124 e. The van der Waals surface area contributed by atoms with Gasteiger partial charge >= 0.3 is 0 Å². The van der Waals surface area contributed by atoms with E-state index in [1.165, 1.54) is 0 Å². The average Bonchev–Trinajstić information content (AvgIpc) is 2.49. The predicted octanol–water partition coefficient (Wildman–Crippen LogP) is 3.40. The molecule has 0 amide bonds. The summed E-state index contributed by atoms with van der Waals surface area (Å²) in [5.41, 5.74) is 1.04. The Bertz CT molecular complexity index is 409. The number of hydrogen-bond acceptors (Lipinski definition) is 1. The highest BCUT2D eigenvalue weighted by molar-refractivity contribution is 9.13. The molecule has 4 heteroatoms. The Hall–Kier alpha value is -0.610. The molecule has 0 saturated carbocycles. The molecular formula is C9H6Br2N2. The second-order valence-corrected chi connectivity index (χ2v) is 4.14. The molecule has 13 heavy (non-hydrogen) atoms. The van der Waals surface area contributed by atoms with E-state index < -0.39 is 0 Å². The lowest BCUT2D eigenvalue weighted by atomic mass is 10.3. The molecule has 1 aromatic heterocycles. The molecule has 0 saturated heterocycles. The van der Waals surface area contributed by atoms with Gasteiger partial charge in [-0.25, -0.2) is 4.68 Å². The lowest BCUT2D eigenvalue weighted by Gasteiger charge is -2.01. The minimum absolute atomic E-state index is 0.929. The van der Waals surface area contributed by atoms with Crippen LogP contribution < -0.4 is 0 Å². The monoisotopic (exact) mass is 300 g/mol. The molecule has 1 aromatic carbocycles. The first-order valence-corrected chi connectivity index (χ1v) is 5.32. The number of nitrogens with zero attached hydrogens (tertiary/aromatic N) is 2. The zero-order valence-electron chi connectivity index (χ0n) is 6.61. The Labute approximate surface area is 92.8 Å². The number of halogens is 2. The van der Waals surface area contributed by atoms with Gasteiger partial charge in [-0.15, -0.1) is 0 Å². The van der Waals surface area contributed by atoms with E-state index in [-0.39, 0.29) is 0 Å². The Kier molecular flexibility index (Phi) is 2.51. The Morgan fingerprint density at radius 1 is 1.08 bits per heavy atom. The lowest BCUT2D eigenvalue weighted by molar-refractivity contribution is 0.860. The van der Waals surface area contributed by atoms with Crippen molar-refractivity contribution in [3.8, 4) is 5.69 Å². The second kappa shape index (κ2) is 3.64. The van der Waals surface area contributed by atoms with E-state index in [1.54, 1.807) is 6.20 Å². The third-order valence-electron chi connectivity index (χ3n) is 1.67. The van der Waals surface area contributed by atoms with Crippen molar-refractivity contribution < 1.29 is 0 Å². The summed E-state index contributed by atoms with van der Waals surface area (Å²) >= 11 is 6.82. The quantitative estimate of drug-likeness (QED) is 0.789. The van der Waals surface area contributed by atoms with E-state index in [0.29, 0.717) is 0 Å². The fourth-order valence-electron chi connectivity index (χ4n) is 1.06. The van der Waals surface area contributed by atoms with Crippen molar-refractivity contribution in [2.75, 3.05) is 0 Å². The fourth-order valence-corrected chi connectivity index (χ4v) is 1.72. The Morgan fingerprint density at radius 3 is 2.31 bits per heavy atom. The van der Waals surface area contributed by atoms with Gasteiger partial charge in [0.25, 0.3) is 0 Å². The maximum absolute atomic E-state index is 4.21. The van der Waals surface area contributed by atoms with Gasteiger partial charge in [0, 0.05) is 0 Å². The summed E-state index contributed by atoms with van der Waals surface area (Å²) < 4.78 is 3.71. The van der Waals surface area contributed by atoms with Gasteiger partial charge in [-0.1, -0.05) is 18.2 Å². The van der Waals surface area contributed by atoms with Crippen molar-refractivity contribution in [3.63, 3.8) is 0 Å². The third-order valence-corrected chi connectivity index (χ3v) is 3.55.